The molecular formula is C8H7ClF3NS. The molecule has 0 saturated carbocycles. The van der Waals surface area contributed by atoms with Crippen LogP contribution in [0.4, 0.5) is 13.2 Å². The maximum atomic E-state index is 12.5. The van der Waals surface area contributed by atoms with Gasteiger partial charge in [0.05, 0.1) is 5.56 Å². The summed E-state index contributed by atoms with van der Waals surface area (Å²) in [5.41, 5.74) is -0.718. The molecule has 0 radical (unpaired) electrons. The fourth-order valence-corrected chi connectivity index (χ4v) is 1.74. The third-order valence-corrected chi connectivity index (χ3v) is 2.47. The molecule has 0 saturated heterocycles. The van der Waals surface area contributed by atoms with Crippen molar-refractivity contribution in [2.45, 2.75) is 11.1 Å². The highest BCUT2D eigenvalue weighted by Gasteiger charge is 2.33. The molecular weight excluding hydrogens is 235 g/mol. The van der Waals surface area contributed by atoms with Crippen molar-refractivity contribution < 1.29 is 13.2 Å². The molecule has 0 atom stereocenters. The molecule has 1 N–H and O–H groups in total. The largest absolute Gasteiger partial charge is 0.417 e. The monoisotopic (exact) mass is 241 g/mol. The zero-order valence-corrected chi connectivity index (χ0v) is 8.72. The smallest absolute Gasteiger partial charge is 0.263 e. The minimum absolute atomic E-state index is 0.0813. The molecule has 0 spiro atoms. The Bertz CT molecular complexity index is 327. The third-order valence-electron chi connectivity index (χ3n) is 1.46. The Hall–Kier alpha value is -0.390. The summed E-state index contributed by atoms with van der Waals surface area (Å²) in [5.74, 6) is 0. The SMILES string of the molecule is CNSc1ccc(Cl)cc1C(F)(F)F. The number of hydrogen-bond donors (Lipinski definition) is 1. The van der Waals surface area contributed by atoms with Gasteiger partial charge < -0.3 is 0 Å². The van der Waals surface area contributed by atoms with E-state index in [1.807, 2.05) is 0 Å². The van der Waals surface area contributed by atoms with Crippen molar-refractivity contribution in [1.82, 2.24) is 4.72 Å². The molecule has 0 aliphatic carbocycles. The van der Waals surface area contributed by atoms with Crippen molar-refractivity contribution >= 4 is 23.5 Å². The highest BCUT2D eigenvalue weighted by molar-refractivity contribution is 7.97. The standard InChI is InChI=1S/C8H7ClF3NS/c1-13-14-7-3-2-5(9)4-6(7)8(10,11)12/h2-4,13H,1H3. The number of alkyl halides is 3. The first-order chi connectivity index (χ1) is 6.45. The molecule has 0 amide bonds. The van der Waals surface area contributed by atoms with E-state index in [0.717, 1.165) is 18.0 Å². The summed E-state index contributed by atoms with van der Waals surface area (Å²) >= 11 is 6.40. The average Bonchev–Trinajstić information content (AvgIpc) is 2.07. The second-order valence-corrected chi connectivity index (χ2v) is 3.93. The van der Waals surface area contributed by atoms with Gasteiger partial charge in [-0.1, -0.05) is 11.6 Å². The zero-order chi connectivity index (χ0) is 10.8. The number of nitrogens with one attached hydrogen (secondary N) is 1. The van der Waals surface area contributed by atoms with Crippen LogP contribution in [0.5, 0.6) is 0 Å². The summed E-state index contributed by atoms with van der Waals surface area (Å²) in [6.45, 7) is 0. The van der Waals surface area contributed by atoms with Crippen LogP contribution in [0.3, 0.4) is 0 Å². The summed E-state index contributed by atoms with van der Waals surface area (Å²) in [5, 5.41) is 0.0813. The molecule has 1 aromatic carbocycles. The minimum Gasteiger partial charge on any atom is -0.263 e. The Balaban J connectivity index is 3.16. The second-order valence-electron chi connectivity index (χ2n) is 2.44. The van der Waals surface area contributed by atoms with Crippen LogP contribution in [0.2, 0.25) is 5.02 Å². The van der Waals surface area contributed by atoms with Crippen LogP contribution in [-0.2, 0) is 6.18 Å². The first-order valence-corrected chi connectivity index (χ1v) is 4.85. The molecule has 1 aromatic rings. The molecule has 0 aliphatic rings. The van der Waals surface area contributed by atoms with Crippen molar-refractivity contribution in [2.75, 3.05) is 7.05 Å². The number of halogens is 4. The predicted molar refractivity (Wildman–Crippen MR) is 51.4 cm³/mol. The lowest BCUT2D eigenvalue weighted by Gasteiger charge is -2.11. The average molecular weight is 242 g/mol. The molecule has 0 aromatic heterocycles. The fraction of sp³-hybridized carbons (Fsp3) is 0.250. The lowest BCUT2D eigenvalue weighted by atomic mass is 10.2. The molecule has 1 nitrogen and oxygen atoms in total. The van der Waals surface area contributed by atoms with E-state index in [2.05, 4.69) is 4.72 Å². The quantitative estimate of drug-likeness (QED) is 0.795. The maximum absolute atomic E-state index is 12.5. The Morgan fingerprint density at radius 2 is 2.00 bits per heavy atom. The summed E-state index contributed by atoms with van der Waals surface area (Å²) in [4.78, 5) is 0.115. The van der Waals surface area contributed by atoms with Crippen LogP contribution in [0, 0.1) is 0 Å². The summed E-state index contributed by atoms with van der Waals surface area (Å²) in [7, 11) is 1.55. The van der Waals surface area contributed by atoms with E-state index in [1.54, 1.807) is 7.05 Å². The summed E-state index contributed by atoms with van der Waals surface area (Å²) < 4.78 is 39.9. The van der Waals surface area contributed by atoms with E-state index in [0.29, 0.717) is 0 Å². The van der Waals surface area contributed by atoms with E-state index < -0.39 is 11.7 Å². The Morgan fingerprint density at radius 3 is 2.50 bits per heavy atom. The van der Waals surface area contributed by atoms with Gasteiger partial charge in [0, 0.05) is 9.92 Å². The van der Waals surface area contributed by atoms with Gasteiger partial charge in [0.1, 0.15) is 0 Å². The van der Waals surface area contributed by atoms with Crippen molar-refractivity contribution in [1.29, 1.82) is 0 Å². The van der Waals surface area contributed by atoms with Gasteiger partial charge in [-0.15, -0.1) is 0 Å². The molecule has 78 valence electrons. The van der Waals surface area contributed by atoms with Crippen molar-refractivity contribution in [3.05, 3.63) is 28.8 Å². The van der Waals surface area contributed by atoms with E-state index in [-0.39, 0.29) is 9.92 Å². The minimum atomic E-state index is -4.37. The maximum Gasteiger partial charge on any atom is 0.417 e. The zero-order valence-electron chi connectivity index (χ0n) is 7.15. The third kappa shape index (κ3) is 2.80. The van der Waals surface area contributed by atoms with E-state index >= 15 is 0 Å². The predicted octanol–water partition coefficient (Wildman–Crippen LogP) is 3.59. The van der Waals surface area contributed by atoms with Gasteiger partial charge in [0.2, 0.25) is 0 Å². The van der Waals surface area contributed by atoms with Gasteiger partial charge in [-0.3, -0.25) is 4.72 Å². The molecule has 14 heavy (non-hydrogen) atoms. The Morgan fingerprint density at radius 1 is 1.36 bits per heavy atom. The van der Waals surface area contributed by atoms with E-state index in [9.17, 15) is 13.2 Å². The molecule has 6 heteroatoms. The molecule has 1 rings (SSSR count). The van der Waals surface area contributed by atoms with Crippen LogP contribution in [0.25, 0.3) is 0 Å². The van der Waals surface area contributed by atoms with Crippen LogP contribution in [0.1, 0.15) is 5.56 Å². The van der Waals surface area contributed by atoms with Gasteiger partial charge in [0.15, 0.2) is 0 Å². The number of rotatable bonds is 2. The topological polar surface area (TPSA) is 12.0 Å². The highest BCUT2D eigenvalue weighted by atomic mass is 35.5. The molecule has 0 aliphatic heterocycles. The number of hydrogen-bond acceptors (Lipinski definition) is 2. The normalized spacial score (nSPS) is 11.8. The lowest BCUT2D eigenvalue weighted by molar-refractivity contribution is -0.139. The van der Waals surface area contributed by atoms with Crippen LogP contribution >= 0.6 is 23.5 Å². The summed E-state index contributed by atoms with van der Waals surface area (Å²) in [6.07, 6.45) is -4.37. The van der Waals surface area contributed by atoms with Crippen LogP contribution in [-0.4, -0.2) is 7.05 Å². The molecule has 0 fully saturated rings. The van der Waals surface area contributed by atoms with Gasteiger partial charge in [-0.25, -0.2) is 0 Å². The van der Waals surface area contributed by atoms with Gasteiger partial charge >= 0.3 is 6.18 Å². The lowest BCUT2D eigenvalue weighted by Crippen LogP contribution is -2.08. The summed E-state index contributed by atoms with van der Waals surface area (Å²) in [6, 6.07) is 3.68. The van der Waals surface area contributed by atoms with E-state index in [4.69, 9.17) is 11.6 Å². The molecule has 0 bridgehead atoms. The van der Waals surface area contributed by atoms with Gasteiger partial charge in [-0.2, -0.15) is 13.2 Å². The van der Waals surface area contributed by atoms with Crippen LogP contribution in [0.15, 0.2) is 23.1 Å². The van der Waals surface area contributed by atoms with Crippen molar-refractivity contribution in [3.8, 4) is 0 Å². The van der Waals surface area contributed by atoms with E-state index in [1.165, 1.54) is 12.1 Å². The van der Waals surface area contributed by atoms with Crippen molar-refractivity contribution in [3.63, 3.8) is 0 Å². The first kappa shape index (κ1) is 11.7. The first-order valence-electron chi connectivity index (χ1n) is 3.65. The van der Waals surface area contributed by atoms with Crippen LogP contribution < -0.4 is 4.72 Å². The second kappa shape index (κ2) is 4.42. The van der Waals surface area contributed by atoms with Gasteiger partial charge in [0.25, 0.3) is 0 Å². The number of benzene rings is 1. The Labute approximate surface area is 88.8 Å². The molecule has 0 heterocycles. The molecule has 0 unspecified atom stereocenters. The Kier molecular flexibility index (Phi) is 3.69. The highest BCUT2D eigenvalue weighted by Crippen LogP contribution is 2.37. The van der Waals surface area contributed by atoms with Crippen molar-refractivity contribution in [2.24, 2.45) is 0 Å². The fourth-order valence-electron chi connectivity index (χ4n) is 0.923. The van der Waals surface area contributed by atoms with Gasteiger partial charge in [-0.05, 0) is 37.2 Å².